The highest BCUT2D eigenvalue weighted by Crippen LogP contribution is 2.36. The number of rotatable bonds is 5. The third-order valence-electron chi connectivity index (χ3n) is 6.91. The maximum Gasteiger partial charge on any atom is 0.317 e. The van der Waals surface area contributed by atoms with Gasteiger partial charge in [-0.15, -0.1) is 0 Å². The van der Waals surface area contributed by atoms with Crippen LogP contribution in [-0.2, 0) is 11.3 Å². The Hall–Kier alpha value is -1.96. The molecule has 0 spiro atoms. The van der Waals surface area contributed by atoms with Gasteiger partial charge < -0.3 is 15.0 Å². The Balaban J connectivity index is 1.37. The minimum absolute atomic E-state index is 0.143. The van der Waals surface area contributed by atoms with Crippen LogP contribution in [0, 0.1) is 0 Å². The van der Waals surface area contributed by atoms with Crippen LogP contribution in [0.5, 0.6) is 0 Å². The highest BCUT2D eigenvalue weighted by atomic mass is 16.4. The molecule has 3 fully saturated rings. The number of piperidine rings is 2. The first-order valence-electron chi connectivity index (χ1n) is 11.0. The molecule has 0 amide bonds. The fraction of sp³-hybridized carbons (Fsp3) is 0.636. The van der Waals surface area contributed by atoms with E-state index in [4.69, 9.17) is 10.1 Å². The Morgan fingerprint density at radius 3 is 2.48 bits per heavy atom. The first-order chi connectivity index (χ1) is 14.2. The lowest BCUT2D eigenvalue weighted by molar-refractivity contribution is -0.138. The number of fused-ring (bicyclic) bond motifs is 3. The molecule has 2 N–H and O–H groups in total. The molecule has 156 valence electrons. The Morgan fingerprint density at radius 1 is 1.07 bits per heavy atom. The summed E-state index contributed by atoms with van der Waals surface area (Å²) in [4.78, 5) is 20.5. The standard InChI is InChI=1S/C22H31N5O2/c28-22(29)15-26-10-8-25(9-11-26)14-21-24-19-6-1-2-7-20(19)27(21)18-12-16-4-3-5-17(13-18)23-16/h1-2,6-7,16-18,23H,3-5,8-15H2,(H,28,29). The van der Waals surface area contributed by atoms with E-state index in [1.54, 1.807) is 0 Å². The average molecular weight is 398 g/mol. The number of carboxylic acids is 1. The van der Waals surface area contributed by atoms with E-state index in [0.717, 1.165) is 38.2 Å². The highest BCUT2D eigenvalue weighted by molar-refractivity contribution is 5.76. The number of hydrogen-bond acceptors (Lipinski definition) is 5. The smallest absolute Gasteiger partial charge is 0.317 e. The molecule has 1 aromatic heterocycles. The number of imidazole rings is 1. The van der Waals surface area contributed by atoms with Crippen molar-refractivity contribution in [2.45, 2.75) is 56.8 Å². The van der Waals surface area contributed by atoms with Crippen molar-refractivity contribution < 1.29 is 9.90 Å². The van der Waals surface area contributed by atoms with Crippen molar-refractivity contribution in [1.29, 1.82) is 0 Å². The van der Waals surface area contributed by atoms with Gasteiger partial charge in [-0.25, -0.2) is 4.98 Å². The SMILES string of the molecule is O=C(O)CN1CCN(Cc2nc3ccccc3n2C2CC3CCCC(C2)N3)CC1. The van der Waals surface area contributed by atoms with Gasteiger partial charge in [-0.3, -0.25) is 14.6 Å². The molecule has 3 saturated heterocycles. The Bertz CT molecular complexity index is 861. The van der Waals surface area contributed by atoms with E-state index in [0.29, 0.717) is 18.1 Å². The van der Waals surface area contributed by atoms with Gasteiger partial charge in [0, 0.05) is 44.3 Å². The van der Waals surface area contributed by atoms with Gasteiger partial charge in [-0.1, -0.05) is 18.6 Å². The molecule has 0 saturated carbocycles. The van der Waals surface area contributed by atoms with Gasteiger partial charge in [0.1, 0.15) is 5.82 Å². The second-order valence-corrected chi connectivity index (χ2v) is 8.95. The van der Waals surface area contributed by atoms with Crippen molar-refractivity contribution in [3.05, 3.63) is 30.1 Å². The average Bonchev–Trinajstić information content (AvgIpc) is 3.06. The zero-order valence-electron chi connectivity index (χ0n) is 17.0. The molecule has 2 unspecified atom stereocenters. The molecule has 0 aliphatic carbocycles. The van der Waals surface area contributed by atoms with Crippen LogP contribution in [0.4, 0.5) is 0 Å². The summed E-state index contributed by atoms with van der Waals surface area (Å²) in [6.07, 6.45) is 6.32. The van der Waals surface area contributed by atoms with Crippen LogP contribution in [0.15, 0.2) is 24.3 Å². The molecule has 7 heteroatoms. The van der Waals surface area contributed by atoms with E-state index < -0.39 is 5.97 Å². The molecule has 5 rings (SSSR count). The van der Waals surface area contributed by atoms with Crippen molar-refractivity contribution in [1.82, 2.24) is 24.7 Å². The summed E-state index contributed by atoms with van der Waals surface area (Å²) in [6.45, 7) is 4.40. The monoisotopic (exact) mass is 397 g/mol. The van der Waals surface area contributed by atoms with Gasteiger partial charge in [0.05, 0.1) is 24.1 Å². The summed E-state index contributed by atoms with van der Waals surface area (Å²) in [5, 5.41) is 12.8. The number of piperazine rings is 1. The molecule has 1 aromatic carbocycles. The Kier molecular flexibility index (Phi) is 5.28. The number of hydrogen-bond donors (Lipinski definition) is 2. The van der Waals surface area contributed by atoms with Gasteiger partial charge in [0.2, 0.25) is 0 Å². The van der Waals surface area contributed by atoms with E-state index in [1.807, 2.05) is 4.90 Å². The lowest BCUT2D eigenvalue weighted by Crippen LogP contribution is -2.49. The summed E-state index contributed by atoms with van der Waals surface area (Å²) < 4.78 is 2.53. The first kappa shape index (κ1) is 19.0. The van der Waals surface area contributed by atoms with Crippen LogP contribution in [-0.4, -0.2) is 75.2 Å². The fourth-order valence-electron chi connectivity index (χ4n) is 5.56. The minimum Gasteiger partial charge on any atom is -0.480 e. The van der Waals surface area contributed by atoms with Crippen LogP contribution in [0.25, 0.3) is 11.0 Å². The van der Waals surface area contributed by atoms with Gasteiger partial charge >= 0.3 is 5.97 Å². The van der Waals surface area contributed by atoms with E-state index in [-0.39, 0.29) is 6.54 Å². The Labute approximate surface area is 171 Å². The van der Waals surface area contributed by atoms with Crippen molar-refractivity contribution >= 4 is 17.0 Å². The van der Waals surface area contributed by atoms with Crippen molar-refractivity contribution in [3.63, 3.8) is 0 Å². The highest BCUT2D eigenvalue weighted by Gasteiger charge is 2.34. The van der Waals surface area contributed by atoms with E-state index in [9.17, 15) is 4.79 Å². The molecule has 3 aliphatic heterocycles. The van der Waals surface area contributed by atoms with E-state index in [2.05, 4.69) is 39.0 Å². The second kappa shape index (κ2) is 8.05. The molecular weight excluding hydrogens is 366 g/mol. The van der Waals surface area contributed by atoms with Crippen molar-refractivity contribution in [2.24, 2.45) is 0 Å². The predicted octanol–water partition coefficient (Wildman–Crippen LogP) is 2.08. The second-order valence-electron chi connectivity index (χ2n) is 8.95. The number of carbonyl (C=O) groups is 1. The summed E-state index contributed by atoms with van der Waals surface area (Å²) in [5.41, 5.74) is 2.35. The zero-order chi connectivity index (χ0) is 19.8. The molecule has 29 heavy (non-hydrogen) atoms. The number of carboxylic acid groups (broad SMARTS) is 1. The summed E-state index contributed by atoms with van der Waals surface area (Å²) in [7, 11) is 0. The van der Waals surface area contributed by atoms with Gasteiger partial charge in [0.25, 0.3) is 0 Å². The molecule has 2 bridgehead atoms. The quantitative estimate of drug-likeness (QED) is 0.805. The lowest BCUT2D eigenvalue weighted by Gasteiger charge is -2.41. The first-order valence-corrected chi connectivity index (χ1v) is 11.0. The maximum atomic E-state index is 11.0. The normalized spacial score (nSPS) is 28.6. The van der Waals surface area contributed by atoms with Gasteiger partial charge in [0.15, 0.2) is 0 Å². The number of para-hydroxylation sites is 2. The summed E-state index contributed by atoms with van der Waals surface area (Å²) in [5.74, 6) is 0.430. The van der Waals surface area contributed by atoms with Crippen LogP contribution < -0.4 is 5.32 Å². The molecule has 3 aliphatic rings. The fourth-order valence-corrected chi connectivity index (χ4v) is 5.56. The summed E-state index contributed by atoms with van der Waals surface area (Å²) >= 11 is 0. The van der Waals surface area contributed by atoms with Gasteiger partial charge in [-0.05, 0) is 37.8 Å². The number of aliphatic carboxylic acids is 1. The number of aromatic nitrogens is 2. The molecule has 7 nitrogen and oxygen atoms in total. The molecule has 0 radical (unpaired) electrons. The lowest BCUT2D eigenvalue weighted by atomic mass is 9.84. The topological polar surface area (TPSA) is 73.6 Å². The molecule has 2 aromatic rings. The number of nitrogens with one attached hydrogen (secondary N) is 1. The predicted molar refractivity (Wildman–Crippen MR) is 112 cm³/mol. The zero-order valence-corrected chi connectivity index (χ0v) is 17.0. The number of nitrogens with zero attached hydrogens (tertiary/aromatic N) is 4. The van der Waals surface area contributed by atoms with Crippen LogP contribution in [0.1, 0.15) is 44.0 Å². The maximum absolute atomic E-state index is 11.0. The summed E-state index contributed by atoms with van der Waals surface area (Å²) in [6, 6.07) is 10.3. The van der Waals surface area contributed by atoms with Crippen LogP contribution >= 0.6 is 0 Å². The van der Waals surface area contributed by atoms with E-state index >= 15 is 0 Å². The van der Waals surface area contributed by atoms with Gasteiger partial charge in [-0.2, -0.15) is 0 Å². The van der Waals surface area contributed by atoms with Crippen LogP contribution in [0.2, 0.25) is 0 Å². The number of benzene rings is 1. The minimum atomic E-state index is -0.739. The molecule has 4 heterocycles. The Morgan fingerprint density at radius 2 is 1.76 bits per heavy atom. The molecule has 2 atom stereocenters. The largest absolute Gasteiger partial charge is 0.480 e. The van der Waals surface area contributed by atoms with E-state index in [1.165, 1.54) is 43.4 Å². The third kappa shape index (κ3) is 4.04. The molecular formula is C22H31N5O2. The third-order valence-corrected chi connectivity index (χ3v) is 6.91. The van der Waals surface area contributed by atoms with Crippen molar-refractivity contribution in [3.8, 4) is 0 Å². The van der Waals surface area contributed by atoms with Crippen LogP contribution in [0.3, 0.4) is 0 Å². The van der Waals surface area contributed by atoms with Crippen molar-refractivity contribution in [2.75, 3.05) is 32.7 Å².